The lowest BCUT2D eigenvalue weighted by atomic mass is 9.86. The van der Waals surface area contributed by atoms with Crippen LogP contribution in [0.2, 0.25) is 0 Å². The molecule has 1 atom stereocenters. The van der Waals surface area contributed by atoms with E-state index in [0.29, 0.717) is 0 Å². The van der Waals surface area contributed by atoms with E-state index in [1.165, 1.54) is 45.3 Å². The third kappa shape index (κ3) is 1.64. The fourth-order valence-corrected chi connectivity index (χ4v) is 2.49. The Morgan fingerprint density at radius 1 is 1.33 bits per heavy atom. The van der Waals surface area contributed by atoms with Gasteiger partial charge in [0.25, 0.3) is 0 Å². The van der Waals surface area contributed by atoms with Gasteiger partial charge in [-0.25, -0.2) is 0 Å². The maximum absolute atomic E-state index is 3.63. The molecule has 0 aromatic rings. The van der Waals surface area contributed by atoms with Crippen LogP contribution in [0.15, 0.2) is 0 Å². The van der Waals surface area contributed by atoms with Gasteiger partial charge in [-0.2, -0.15) is 0 Å². The van der Waals surface area contributed by atoms with Crippen LogP contribution in [0, 0.1) is 5.92 Å². The number of nitrogens with one attached hydrogen (secondary N) is 1. The van der Waals surface area contributed by atoms with Gasteiger partial charge in [0.15, 0.2) is 0 Å². The van der Waals surface area contributed by atoms with Crippen molar-refractivity contribution in [2.24, 2.45) is 5.92 Å². The van der Waals surface area contributed by atoms with E-state index in [-0.39, 0.29) is 0 Å². The SMILES string of the molecule is CCCNC1CC2CCN1CC2. The van der Waals surface area contributed by atoms with Gasteiger partial charge in [-0.05, 0) is 51.2 Å². The zero-order chi connectivity index (χ0) is 8.39. The first-order valence-electron chi connectivity index (χ1n) is 5.37. The summed E-state index contributed by atoms with van der Waals surface area (Å²) in [6.45, 7) is 6.11. The summed E-state index contributed by atoms with van der Waals surface area (Å²) >= 11 is 0. The second-order valence-electron chi connectivity index (χ2n) is 4.18. The molecular formula is C10H20N2. The summed E-state index contributed by atoms with van der Waals surface area (Å²) in [6, 6.07) is 0. The van der Waals surface area contributed by atoms with Gasteiger partial charge in [-0.3, -0.25) is 4.90 Å². The molecule has 0 spiro atoms. The number of rotatable bonds is 3. The monoisotopic (exact) mass is 168 g/mol. The fourth-order valence-electron chi connectivity index (χ4n) is 2.49. The maximum atomic E-state index is 3.63. The number of piperidine rings is 3. The number of hydrogen-bond acceptors (Lipinski definition) is 2. The van der Waals surface area contributed by atoms with E-state index >= 15 is 0 Å². The summed E-state index contributed by atoms with van der Waals surface area (Å²) in [5, 5.41) is 3.63. The Kier molecular flexibility index (Phi) is 2.66. The van der Waals surface area contributed by atoms with Gasteiger partial charge in [0.2, 0.25) is 0 Å². The summed E-state index contributed by atoms with van der Waals surface area (Å²) in [4.78, 5) is 2.62. The van der Waals surface area contributed by atoms with E-state index in [0.717, 1.165) is 12.1 Å². The normalized spacial score (nSPS) is 40.2. The van der Waals surface area contributed by atoms with Crippen molar-refractivity contribution in [2.75, 3.05) is 19.6 Å². The minimum atomic E-state index is 0.720. The summed E-state index contributed by atoms with van der Waals surface area (Å²) < 4.78 is 0. The topological polar surface area (TPSA) is 15.3 Å². The molecule has 3 aliphatic heterocycles. The van der Waals surface area contributed by atoms with E-state index in [1.54, 1.807) is 0 Å². The molecule has 2 bridgehead atoms. The van der Waals surface area contributed by atoms with Crippen molar-refractivity contribution in [3.8, 4) is 0 Å². The molecule has 70 valence electrons. The smallest absolute Gasteiger partial charge is 0.0599 e. The third-order valence-electron chi connectivity index (χ3n) is 3.28. The quantitative estimate of drug-likeness (QED) is 0.686. The molecule has 0 radical (unpaired) electrons. The van der Waals surface area contributed by atoms with Gasteiger partial charge in [-0.1, -0.05) is 6.92 Å². The molecule has 0 aromatic carbocycles. The first kappa shape index (κ1) is 8.52. The Hall–Kier alpha value is -0.0800. The van der Waals surface area contributed by atoms with Crippen LogP contribution < -0.4 is 5.32 Å². The Morgan fingerprint density at radius 2 is 2.08 bits per heavy atom. The Morgan fingerprint density at radius 3 is 2.58 bits per heavy atom. The maximum Gasteiger partial charge on any atom is 0.0599 e. The van der Waals surface area contributed by atoms with Crippen molar-refractivity contribution in [3.63, 3.8) is 0 Å². The highest BCUT2D eigenvalue weighted by atomic mass is 15.3. The van der Waals surface area contributed by atoms with Crippen molar-refractivity contribution in [3.05, 3.63) is 0 Å². The fraction of sp³-hybridized carbons (Fsp3) is 1.00. The zero-order valence-corrected chi connectivity index (χ0v) is 8.05. The van der Waals surface area contributed by atoms with Crippen molar-refractivity contribution >= 4 is 0 Å². The molecule has 2 nitrogen and oxygen atoms in total. The largest absolute Gasteiger partial charge is 0.302 e. The Balaban J connectivity index is 1.82. The van der Waals surface area contributed by atoms with E-state index in [4.69, 9.17) is 0 Å². The molecule has 1 N–H and O–H groups in total. The van der Waals surface area contributed by atoms with Crippen LogP contribution in [-0.4, -0.2) is 30.7 Å². The highest BCUT2D eigenvalue weighted by Gasteiger charge is 2.32. The van der Waals surface area contributed by atoms with E-state index in [9.17, 15) is 0 Å². The Labute approximate surface area is 75.3 Å². The first-order valence-corrected chi connectivity index (χ1v) is 5.37. The zero-order valence-electron chi connectivity index (χ0n) is 8.05. The molecule has 3 rings (SSSR count). The minimum Gasteiger partial charge on any atom is -0.302 e. The van der Waals surface area contributed by atoms with Crippen LogP contribution >= 0.6 is 0 Å². The van der Waals surface area contributed by atoms with Gasteiger partial charge >= 0.3 is 0 Å². The number of nitrogens with zero attached hydrogens (tertiary/aromatic N) is 1. The van der Waals surface area contributed by atoms with E-state index in [2.05, 4.69) is 17.1 Å². The predicted molar refractivity (Wildman–Crippen MR) is 51.0 cm³/mol. The van der Waals surface area contributed by atoms with E-state index < -0.39 is 0 Å². The van der Waals surface area contributed by atoms with Gasteiger partial charge < -0.3 is 5.32 Å². The summed E-state index contributed by atoms with van der Waals surface area (Å²) in [7, 11) is 0. The molecule has 0 aliphatic carbocycles. The molecule has 3 saturated heterocycles. The molecule has 0 amide bonds. The van der Waals surface area contributed by atoms with Gasteiger partial charge in [0.05, 0.1) is 6.17 Å². The second-order valence-corrected chi connectivity index (χ2v) is 4.18. The number of fused-ring (bicyclic) bond motifs is 3. The molecule has 3 fully saturated rings. The lowest BCUT2D eigenvalue weighted by Gasteiger charge is -2.45. The summed E-state index contributed by atoms with van der Waals surface area (Å²) in [5.41, 5.74) is 0. The van der Waals surface area contributed by atoms with Crippen LogP contribution in [0.4, 0.5) is 0 Å². The molecule has 1 unspecified atom stereocenters. The van der Waals surface area contributed by atoms with Crippen molar-refractivity contribution < 1.29 is 0 Å². The van der Waals surface area contributed by atoms with Crippen LogP contribution in [0.3, 0.4) is 0 Å². The first-order chi connectivity index (χ1) is 5.90. The van der Waals surface area contributed by atoms with Gasteiger partial charge in [0.1, 0.15) is 0 Å². The average molecular weight is 168 g/mol. The minimum absolute atomic E-state index is 0.720. The molecule has 3 aliphatic rings. The lowest BCUT2D eigenvalue weighted by Crippen LogP contribution is -2.55. The molecule has 0 aromatic heterocycles. The van der Waals surface area contributed by atoms with Crippen LogP contribution in [0.5, 0.6) is 0 Å². The van der Waals surface area contributed by atoms with Crippen LogP contribution in [0.1, 0.15) is 32.6 Å². The molecule has 0 saturated carbocycles. The predicted octanol–water partition coefficient (Wildman–Crippen LogP) is 1.43. The third-order valence-corrected chi connectivity index (χ3v) is 3.28. The molecule has 2 heteroatoms. The highest BCUT2D eigenvalue weighted by molar-refractivity contribution is 4.85. The standard InChI is InChI=1S/C10H20N2/c1-2-5-11-10-8-9-3-6-12(10)7-4-9/h9-11H,2-8H2,1H3. The average Bonchev–Trinajstić information content (AvgIpc) is 2.17. The van der Waals surface area contributed by atoms with Crippen molar-refractivity contribution in [2.45, 2.75) is 38.8 Å². The summed E-state index contributed by atoms with van der Waals surface area (Å²) in [5.74, 6) is 1.03. The molecule has 12 heavy (non-hydrogen) atoms. The van der Waals surface area contributed by atoms with Gasteiger partial charge in [-0.15, -0.1) is 0 Å². The van der Waals surface area contributed by atoms with Gasteiger partial charge in [0, 0.05) is 0 Å². The second kappa shape index (κ2) is 3.75. The lowest BCUT2D eigenvalue weighted by molar-refractivity contribution is 0.0316. The summed E-state index contributed by atoms with van der Waals surface area (Å²) in [6.07, 6.45) is 6.28. The van der Waals surface area contributed by atoms with E-state index in [1.807, 2.05) is 0 Å². The van der Waals surface area contributed by atoms with Crippen LogP contribution in [-0.2, 0) is 0 Å². The number of hydrogen-bond donors (Lipinski definition) is 1. The molecule has 3 heterocycles. The Bertz CT molecular complexity index is 139. The highest BCUT2D eigenvalue weighted by Crippen LogP contribution is 2.30. The van der Waals surface area contributed by atoms with Crippen molar-refractivity contribution in [1.82, 2.24) is 10.2 Å². The van der Waals surface area contributed by atoms with Crippen molar-refractivity contribution in [1.29, 1.82) is 0 Å². The van der Waals surface area contributed by atoms with Crippen LogP contribution in [0.25, 0.3) is 0 Å². The molecular weight excluding hydrogens is 148 g/mol.